The van der Waals surface area contributed by atoms with Crippen molar-refractivity contribution in [2.75, 3.05) is 6.61 Å². The zero-order valence-electron chi connectivity index (χ0n) is 9.25. The van der Waals surface area contributed by atoms with E-state index in [0.29, 0.717) is 0 Å². The number of fused-ring (bicyclic) bond motifs is 1. The highest BCUT2D eigenvalue weighted by molar-refractivity contribution is 4.97. The van der Waals surface area contributed by atoms with E-state index in [-0.39, 0.29) is 11.4 Å². The first-order valence-corrected chi connectivity index (χ1v) is 5.35. The number of allylic oxidation sites excluding steroid dienone is 2. The van der Waals surface area contributed by atoms with Crippen molar-refractivity contribution in [1.29, 1.82) is 0 Å². The number of hydrogen-bond acceptors (Lipinski definition) is 3. The molecule has 2 aliphatic rings. The molecule has 80 valence electrons. The third-order valence-corrected chi connectivity index (χ3v) is 2.81. The first-order valence-electron chi connectivity index (χ1n) is 5.35. The molecule has 0 aromatic carbocycles. The van der Waals surface area contributed by atoms with Gasteiger partial charge in [0.1, 0.15) is 0 Å². The van der Waals surface area contributed by atoms with Crippen molar-refractivity contribution < 1.29 is 9.57 Å². The van der Waals surface area contributed by atoms with Crippen LogP contribution in [0.4, 0.5) is 0 Å². The SMILES string of the molecule is C/C=C/CCCC12OCC(C)(C)N1O2. The van der Waals surface area contributed by atoms with Crippen LogP contribution in [0.15, 0.2) is 12.2 Å². The number of unbranched alkanes of at least 4 members (excludes halogenated alkanes) is 1. The summed E-state index contributed by atoms with van der Waals surface area (Å²) >= 11 is 0. The molecule has 2 saturated heterocycles. The number of hydrogen-bond donors (Lipinski definition) is 0. The molecule has 2 aliphatic heterocycles. The lowest BCUT2D eigenvalue weighted by molar-refractivity contribution is -0.0664. The second-order valence-electron chi connectivity index (χ2n) is 4.66. The van der Waals surface area contributed by atoms with Crippen LogP contribution < -0.4 is 0 Å². The topological polar surface area (TPSA) is 24.8 Å². The molecule has 0 aromatic rings. The van der Waals surface area contributed by atoms with Gasteiger partial charge in [0.25, 0.3) is 5.91 Å². The highest BCUT2D eigenvalue weighted by atomic mass is 17.0. The van der Waals surface area contributed by atoms with Crippen LogP contribution in [-0.2, 0) is 9.57 Å². The summed E-state index contributed by atoms with van der Waals surface area (Å²) in [4.78, 5) is 5.52. The lowest BCUT2D eigenvalue weighted by Crippen LogP contribution is -2.30. The van der Waals surface area contributed by atoms with Gasteiger partial charge in [0, 0.05) is 6.42 Å². The molecule has 0 spiro atoms. The third kappa shape index (κ3) is 1.60. The van der Waals surface area contributed by atoms with Gasteiger partial charge in [0.15, 0.2) is 0 Å². The molecule has 0 aliphatic carbocycles. The maximum Gasteiger partial charge on any atom is 0.270 e. The summed E-state index contributed by atoms with van der Waals surface area (Å²) in [5, 5.41) is 2.00. The second-order valence-corrected chi connectivity index (χ2v) is 4.66. The monoisotopic (exact) mass is 197 g/mol. The van der Waals surface area contributed by atoms with Crippen molar-refractivity contribution in [2.24, 2.45) is 0 Å². The van der Waals surface area contributed by atoms with E-state index in [1.807, 2.05) is 12.0 Å². The molecule has 0 N–H and O–H groups in total. The molecular formula is C11H19NO2. The Hall–Kier alpha value is -0.380. The van der Waals surface area contributed by atoms with Gasteiger partial charge >= 0.3 is 0 Å². The molecule has 0 radical (unpaired) electrons. The maximum absolute atomic E-state index is 5.69. The first kappa shape index (κ1) is 10.1. The van der Waals surface area contributed by atoms with Gasteiger partial charge < -0.3 is 4.74 Å². The highest BCUT2D eigenvalue weighted by Crippen LogP contribution is 2.51. The molecule has 14 heavy (non-hydrogen) atoms. The minimum Gasteiger partial charge on any atom is -0.333 e. The zero-order chi connectivity index (χ0) is 10.2. The summed E-state index contributed by atoms with van der Waals surface area (Å²) in [6.45, 7) is 7.12. The molecule has 0 aromatic heterocycles. The number of rotatable bonds is 4. The lowest BCUT2D eigenvalue weighted by atomic mass is 10.1. The summed E-state index contributed by atoms with van der Waals surface area (Å²) in [5.74, 6) is -0.356. The average Bonchev–Trinajstić information content (AvgIpc) is 2.81. The van der Waals surface area contributed by atoms with E-state index in [0.717, 1.165) is 25.9 Å². The van der Waals surface area contributed by atoms with Gasteiger partial charge in [0.05, 0.1) is 12.1 Å². The van der Waals surface area contributed by atoms with Gasteiger partial charge in [-0.05, 0) is 33.6 Å². The van der Waals surface area contributed by atoms with Crippen molar-refractivity contribution in [3.05, 3.63) is 12.2 Å². The average molecular weight is 197 g/mol. The van der Waals surface area contributed by atoms with Crippen LogP contribution in [0.1, 0.15) is 40.0 Å². The smallest absolute Gasteiger partial charge is 0.270 e. The van der Waals surface area contributed by atoms with Gasteiger partial charge in [-0.3, -0.25) is 0 Å². The molecule has 0 amide bonds. The van der Waals surface area contributed by atoms with E-state index in [1.54, 1.807) is 0 Å². The minimum absolute atomic E-state index is 0.0561. The Labute approximate surface area is 85.6 Å². The largest absolute Gasteiger partial charge is 0.333 e. The van der Waals surface area contributed by atoms with Crippen molar-refractivity contribution in [1.82, 2.24) is 5.06 Å². The third-order valence-electron chi connectivity index (χ3n) is 2.81. The first-order chi connectivity index (χ1) is 6.61. The second kappa shape index (κ2) is 3.33. The summed E-state index contributed by atoms with van der Waals surface area (Å²) < 4.78 is 5.69. The maximum atomic E-state index is 5.69. The standard InChI is InChI=1S/C11H19NO2/c1-4-5-6-7-8-11-12(14-11)10(2,3)9-13-11/h4-5H,6-9H2,1-3H3/b5-4+. The summed E-state index contributed by atoms with van der Waals surface area (Å²) in [7, 11) is 0. The molecule has 2 fully saturated rings. The number of nitrogens with zero attached hydrogens (tertiary/aromatic N) is 1. The highest BCUT2D eigenvalue weighted by Gasteiger charge is 2.67. The van der Waals surface area contributed by atoms with Crippen molar-refractivity contribution >= 4 is 0 Å². The fourth-order valence-electron chi connectivity index (χ4n) is 1.97. The van der Waals surface area contributed by atoms with Crippen molar-refractivity contribution in [3.63, 3.8) is 0 Å². The molecule has 2 heterocycles. The summed E-state index contributed by atoms with van der Waals surface area (Å²) in [5.41, 5.74) is 0.0561. The Balaban J connectivity index is 1.79. The van der Waals surface area contributed by atoms with Crippen LogP contribution in [0.2, 0.25) is 0 Å². The van der Waals surface area contributed by atoms with Gasteiger partial charge in [-0.2, -0.15) is 0 Å². The minimum atomic E-state index is -0.356. The van der Waals surface area contributed by atoms with E-state index in [9.17, 15) is 0 Å². The van der Waals surface area contributed by atoms with E-state index in [2.05, 4.69) is 26.0 Å². The Kier molecular flexibility index (Phi) is 2.41. The molecule has 0 saturated carbocycles. The van der Waals surface area contributed by atoms with Gasteiger partial charge in [-0.1, -0.05) is 12.2 Å². The van der Waals surface area contributed by atoms with Crippen molar-refractivity contribution in [2.45, 2.75) is 51.5 Å². The molecule has 3 nitrogen and oxygen atoms in total. The Bertz CT molecular complexity index is 250. The molecule has 2 unspecified atom stereocenters. The Morgan fingerprint density at radius 2 is 2.21 bits per heavy atom. The molecule has 2 atom stereocenters. The van der Waals surface area contributed by atoms with E-state index in [1.165, 1.54) is 0 Å². The van der Waals surface area contributed by atoms with E-state index < -0.39 is 0 Å². The van der Waals surface area contributed by atoms with Gasteiger partial charge in [0.2, 0.25) is 0 Å². The van der Waals surface area contributed by atoms with Crippen LogP contribution in [0.25, 0.3) is 0 Å². The molecule has 0 bridgehead atoms. The Morgan fingerprint density at radius 1 is 1.43 bits per heavy atom. The molecular weight excluding hydrogens is 178 g/mol. The fraction of sp³-hybridized carbons (Fsp3) is 0.818. The van der Waals surface area contributed by atoms with Crippen LogP contribution in [0, 0.1) is 0 Å². The quantitative estimate of drug-likeness (QED) is 0.393. The Morgan fingerprint density at radius 3 is 2.71 bits per heavy atom. The molecule has 2 rings (SSSR count). The van der Waals surface area contributed by atoms with Crippen LogP contribution in [0.5, 0.6) is 0 Å². The van der Waals surface area contributed by atoms with Crippen molar-refractivity contribution in [3.8, 4) is 0 Å². The molecule has 3 heteroatoms. The summed E-state index contributed by atoms with van der Waals surface area (Å²) in [6.07, 6.45) is 7.48. The number of ether oxygens (including phenoxy) is 1. The summed E-state index contributed by atoms with van der Waals surface area (Å²) in [6, 6.07) is 0. The normalized spacial score (nSPS) is 38.9. The van der Waals surface area contributed by atoms with E-state index in [4.69, 9.17) is 9.57 Å². The van der Waals surface area contributed by atoms with E-state index >= 15 is 0 Å². The number of hydroxylamine groups is 2. The van der Waals surface area contributed by atoms with Gasteiger partial charge in [-0.25, -0.2) is 4.84 Å². The van der Waals surface area contributed by atoms with Crippen LogP contribution >= 0.6 is 0 Å². The zero-order valence-corrected chi connectivity index (χ0v) is 9.25. The lowest BCUT2D eigenvalue weighted by Gasteiger charge is -2.15. The fourth-order valence-corrected chi connectivity index (χ4v) is 1.97. The van der Waals surface area contributed by atoms with Gasteiger partial charge in [-0.15, -0.1) is 5.06 Å². The van der Waals surface area contributed by atoms with Crippen LogP contribution in [-0.4, -0.2) is 23.1 Å². The predicted molar refractivity (Wildman–Crippen MR) is 54.4 cm³/mol. The van der Waals surface area contributed by atoms with Crippen LogP contribution in [0.3, 0.4) is 0 Å². The predicted octanol–water partition coefficient (Wildman–Crippen LogP) is 2.44.